The maximum Gasteiger partial charge on any atom is 0.337 e. The van der Waals surface area contributed by atoms with Crippen molar-refractivity contribution in [2.45, 2.75) is 95.8 Å². The van der Waals surface area contributed by atoms with Crippen LogP contribution in [0, 0.1) is 0 Å². The largest absolute Gasteiger partial charge is 0.465 e. The number of esters is 1. The van der Waals surface area contributed by atoms with Gasteiger partial charge in [0, 0.05) is 0 Å². The highest BCUT2D eigenvalue weighted by molar-refractivity contribution is 7.91. The number of carbonyl (C=O) groups excluding carboxylic acids is 1. The number of benzene rings is 2. The summed E-state index contributed by atoms with van der Waals surface area (Å²) < 4.78 is 31.2. The minimum atomic E-state index is -3.29. The van der Waals surface area contributed by atoms with Crippen molar-refractivity contribution in [2.24, 2.45) is 0 Å². The van der Waals surface area contributed by atoms with Crippen molar-refractivity contribution in [2.75, 3.05) is 12.9 Å². The summed E-state index contributed by atoms with van der Waals surface area (Å²) >= 11 is 0. The maximum atomic E-state index is 13.2. The molecule has 1 aliphatic heterocycles. The molecule has 1 heterocycles. The Hall–Kier alpha value is -2.40. The van der Waals surface area contributed by atoms with Gasteiger partial charge < -0.3 is 4.74 Å². The molecule has 0 aromatic heterocycles. The van der Waals surface area contributed by atoms with Crippen LogP contribution in [0.25, 0.3) is 11.6 Å². The van der Waals surface area contributed by atoms with E-state index in [1.807, 2.05) is 18.2 Å². The molecule has 36 heavy (non-hydrogen) atoms. The van der Waals surface area contributed by atoms with Crippen LogP contribution in [0.5, 0.6) is 0 Å². The summed E-state index contributed by atoms with van der Waals surface area (Å²) in [6, 6.07) is 11.5. The van der Waals surface area contributed by atoms with Crippen LogP contribution in [-0.2, 0) is 26.4 Å². The summed E-state index contributed by atoms with van der Waals surface area (Å²) in [5.41, 5.74) is 5.60. The molecule has 2 aromatic rings. The summed E-state index contributed by atoms with van der Waals surface area (Å²) in [6.45, 7) is 8.64. The van der Waals surface area contributed by atoms with Crippen molar-refractivity contribution in [3.8, 4) is 0 Å². The molecule has 0 aliphatic carbocycles. The van der Waals surface area contributed by atoms with Gasteiger partial charge in [-0.25, -0.2) is 13.2 Å². The Morgan fingerprint density at radius 1 is 1.03 bits per heavy atom. The van der Waals surface area contributed by atoms with Gasteiger partial charge in [-0.3, -0.25) is 0 Å². The molecular weight excluding hydrogens is 468 g/mol. The van der Waals surface area contributed by atoms with E-state index in [4.69, 9.17) is 4.74 Å². The van der Waals surface area contributed by atoms with Crippen molar-refractivity contribution in [1.82, 2.24) is 0 Å². The molecule has 0 bridgehead atoms. The summed E-state index contributed by atoms with van der Waals surface area (Å²) in [4.78, 5) is 12.3. The molecule has 0 unspecified atom stereocenters. The molecule has 196 valence electrons. The van der Waals surface area contributed by atoms with Gasteiger partial charge in [-0.15, -0.1) is 0 Å². The number of sulfone groups is 1. The average Bonchev–Trinajstić information content (AvgIpc) is 2.93. The lowest BCUT2D eigenvalue weighted by Crippen LogP contribution is -2.19. The van der Waals surface area contributed by atoms with E-state index in [-0.39, 0.29) is 17.1 Å². The molecule has 0 amide bonds. The lowest BCUT2D eigenvalue weighted by molar-refractivity contribution is 0.0600. The van der Waals surface area contributed by atoms with E-state index in [0.29, 0.717) is 16.9 Å². The standard InChI is InChI=1S/C31H42O4S/c1-6-7-8-9-10-11-13-26-21-29-28(31(3,4)18-12-19-36(29,33)34)22-27(26)23(2)20-24-14-16-25(17-15-24)30(32)35-5/h14-17,20-22H,6-13,18-19H2,1-5H3/b23-20+. The van der Waals surface area contributed by atoms with Crippen LogP contribution in [0.1, 0.15) is 112 Å². The second-order valence-electron chi connectivity index (χ2n) is 10.8. The number of hydrogen-bond acceptors (Lipinski definition) is 4. The van der Waals surface area contributed by atoms with Gasteiger partial charge in [0.05, 0.1) is 23.3 Å². The van der Waals surface area contributed by atoms with Crippen LogP contribution in [0.4, 0.5) is 0 Å². The number of fused-ring (bicyclic) bond motifs is 1. The van der Waals surface area contributed by atoms with Gasteiger partial charge in [-0.1, -0.05) is 71.1 Å². The van der Waals surface area contributed by atoms with Crippen LogP contribution in [-0.4, -0.2) is 27.2 Å². The highest BCUT2D eigenvalue weighted by atomic mass is 32.2. The number of methoxy groups -OCH3 is 1. The predicted molar refractivity (Wildman–Crippen MR) is 149 cm³/mol. The third kappa shape index (κ3) is 6.88. The van der Waals surface area contributed by atoms with E-state index < -0.39 is 9.84 Å². The molecule has 4 nitrogen and oxygen atoms in total. The predicted octanol–water partition coefficient (Wildman–Crippen LogP) is 7.78. The first-order valence-electron chi connectivity index (χ1n) is 13.4. The highest BCUT2D eigenvalue weighted by Crippen LogP contribution is 2.40. The molecule has 0 N–H and O–H groups in total. The van der Waals surface area contributed by atoms with Gasteiger partial charge in [-0.05, 0) is 90.1 Å². The smallest absolute Gasteiger partial charge is 0.337 e. The molecule has 2 aromatic carbocycles. The molecule has 1 aliphatic rings. The Bertz CT molecular complexity index is 1190. The monoisotopic (exact) mass is 510 g/mol. The number of carbonyl (C=O) groups is 1. The van der Waals surface area contributed by atoms with Crippen LogP contribution in [0.2, 0.25) is 0 Å². The SMILES string of the molecule is CCCCCCCCc1cc2c(cc1/C(C)=C/c1ccc(C(=O)OC)cc1)C(C)(C)CCCS2(=O)=O. The Labute approximate surface area is 218 Å². The Morgan fingerprint density at radius 3 is 2.36 bits per heavy atom. The van der Waals surface area contributed by atoms with Gasteiger partial charge in [0.25, 0.3) is 0 Å². The molecule has 0 radical (unpaired) electrons. The fourth-order valence-electron chi connectivity index (χ4n) is 5.19. The maximum absolute atomic E-state index is 13.2. The van der Waals surface area contributed by atoms with Crippen LogP contribution in [0.15, 0.2) is 41.3 Å². The zero-order valence-corrected chi connectivity index (χ0v) is 23.5. The first-order valence-corrected chi connectivity index (χ1v) is 15.0. The summed E-state index contributed by atoms with van der Waals surface area (Å²) in [5.74, 6) is -0.127. The number of ether oxygens (including phenoxy) is 1. The molecule has 0 atom stereocenters. The van der Waals surface area contributed by atoms with E-state index >= 15 is 0 Å². The minimum absolute atomic E-state index is 0.200. The van der Waals surface area contributed by atoms with Crippen molar-refractivity contribution < 1.29 is 17.9 Å². The first-order chi connectivity index (χ1) is 17.1. The molecule has 5 heteroatoms. The Morgan fingerprint density at radius 2 is 1.69 bits per heavy atom. The second-order valence-corrected chi connectivity index (χ2v) is 12.8. The number of unbranched alkanes of at least 4 members (excludes halogenated alkanes) is 5. The topological polar surface area (TPSA) is 60.4 Å². The Balaban J connectivity index is 2.02. The normalized spacial score (nSPS) is 16.8. The molecule has 3 rings (SSSR count). The fourth-order valence-corrected chi connectivity index (χ4v) is 6.92. The van der Waals surface area contributed by atoms with E-state index in [9.17, 15) is 13.2 Å². The fraction of sp³-hybridized carbons (Fsp3) is 0.516. The quantitative estimate of drug-likeness (QED) is 0.186. The Kier molecular flexibility index (Phi) is 9.57. The summed E-state index contributed by atoms with van der Waals surface area (Å²) in [7, 11) is -1.91. The third-order valence-corrected chi connectivity index (χ3v) is 9.26. The van der Waals surface area contributed by atoms with Crippen LogP contribution < -0.4 is 0 Å². The van der Waals surface area contributed by atoms with E-state index in [1.165, 1.54) is 32.8 Å². The van der Waals surface area contributed by atoms with E-state index in [2.05, 4.69) is 39.8 Å². The number of rotatable bonds is 10. The number of allylic oxidation sites excluding steroid dienone is 1. The zero-order chi connectivity index (χ0) is 26.3. The zero-order valence-electron chi connectivity index (χ0n) is 22.7. The van der Waals surface area contributed by atoms with Crippen molar-refractivity contribution in [1.29, 1.82) is 0 Å². The van der Waals surface area contributed by atoms with E-state index in [0.717, 1.165) is 53.5 Å². The van der Waals surface area contributed by atoms with Crippen LogP contribution in [0.3, 0.4) is 0 Å². The summed E-state index contributed by atoms with van der Waals surface area (Å²) in [6.07, 6.45) is 11.7. The van der Waals surface area contributed by atoms with Crippen molar-refractivity contribution >= 4 is 27.5 Å². The van der Waals surface area contributed by atoms with Gasteiger partial charge in [0.15, 0.2) is 9.84 Å². The third-order valence-electron chi connectivity index (χ3n) is 7.42. The second kappa shape index (κ2) is 12.2. The van der Waals surface area contributed by atoms with Gasteiger partial charge in [0.1, 0.15) is 0 Å². The molecule has 0 spiro atoms. The van der Waals surface area contributed by atoms with Crippen molar-refractivity contribution in [3.05, 3.63) is 64.2 Å². The molecule has 0 saturated heterocycles. The van der Waals surface area contributed by atoms with E-state index in [1.54, 1.807) is 12.1 Å². The van der Waals surface area contributed by atoms with Crippen molar-refractivity contribution in [3.63, 3.8) is 0 Å². The summed E-state index contributed by atoms with van der Waals surface area (Å²) in [5, 5.41) is 0. The highest BCUT2D eigenvalue weighted by Gasteiger charge is 2.33. The molecule has 0 saturated carbocycles. The average molecular weight is 511 g/mol. The number of aryl methyl sites for hydroxylation is 1. The minimum Gasteiger partial charge on any atom is -0.465 e. The molecular formula is C31H42O4S. The van der Waals surface area contributed by atoms with Gasteiger partial charge in [0.2, 0.25) is 0 Å². The van der Waals surface area contributed by atoms with Gasteiger partial charge in [-0.2, -0.15) is 0 Å². The molecule has 0 fully saturated rings. The lowest BCUT2D eigenvalue weighted by atomic mass is 9.78. The first kappa shape index (κ1) is 28.2. The lowest BCUT2D eigenvalue weighted by Gasteiger charge is -2.27. The number of hydrogen-bond donors (Lipinski definition) is 0. The van der Waals surface area contributed by atoms with Gasteiger partial charge >= 0.3 is 5.97 Å². The van der Waals surface area contributed by atoms with Crippen LogP contribution >= 0.6 is 0 Å².